The lowest BCUT2D eigenvalue weighted by Gasteiger charge is -2.10. The van der Waals surface area contributed by atoms with Crippen LogP contribution < -0.4 is 0 Å². The van der Waals surface area contributed by atoms with E-state index in [1.54, 1.807) is 25.1 Å². The maximum atomic E-state index is 13.1. The van der Waals surface area contributed by atoms with E-state index in [9.17, 15) is 19.1 Å². The van der Waals surface area contributed by atoms with E-state index in [-0.39, 0.29) is 27.9 Å². The van der Waals surface area contributed by atoms with Crippen molar-refractivity contribution in [2.45, 2.75) is 20.4 Å². The van der Waals surface area contributed by atoms with Crippen LogP contribution in [-0.2, 0) is 11.3 Å². The van der Waals surface area contributed by atoms with Gasteiger partial charge in [0.1, 0.15) is 17.1 Å². The first-order chi connectivity index (χ1) is 13.8. The Balaban J connectivity index is 1.72. The summed E-state index contributed by atoms with van der Waals surface area (Å²) >= 11 is 5.83. The Labute approximate surface area is 172 Å². The zero-order valence-electron chi connectivity index (χ0n) is 15.9. The van der Waals surface area contributed by atoms with E-state index in [0.717, 1.165) is 17.0 Å². The normalized spacial score (nSPS) is 10.8. The molecule has 1 heterocycles. The van der Waals surface area contributed by atoms with Gasteiger partial charge in [0, 0.05) is 28.5 Å². The van der Waals surface area contributed by atoms with Crippen LogP contribution in [0.2, 0.25) is 5.02 Å². The largest absolute Gasteiger partial charge is 0.507 e. The van der Waals surface area contributed by atoms with Gasteiger partial charge in [-0.3, -0.25) is 4.79 Å². The van der Waals surface area contributed by atoms with Crippen LogP contribution in [0.1, 0.15) is 37.7 Å². The van der Waals surface area contributed by atoms with Crippen LogP contribution >= 0.6 is 11.6 Å². The van der Waals surface area contributed by atoms with Crippen molar-refractivity contribution in [2.24, 2.45) is 0 Å². The minimum Gasteiger partial charge on any atom is -0.507 e. The van der Waals surface area contributed by atoms with E-state index in [1.807, 2.05) is 11.5 Å². The van der Waals surface area contributed by atoms with Crippen LogP contribution in [0.25, 0.3) is 0 Å². The fourth-order valence-corrected chi connectivity index (χ4v) is 3.23. The third kappa shape index (κ3) is 4.66. The van der Waals surface area contributed by atoms with Crippen LogP contribution in [0.5, 0.6) is 5.75 Å². The number of ether oxygens (including phenoxy) is 1. The number of rotatable bonds is 6. The number of carbonyl (C=O) groups is 2. The standard InChI is InChI=1S/C22H19ClFNO4/c1-13-9-18(14(2)25(13)11-15-3-6-17(24)7-4-15)21(27)12-29-22(28)19-10-16(23)5-8-20(19)26/h3-10,26H,11-12H2,1-2H3. The molecule has 3 rings (SSSR count). The molecule has 0 radical (unpaired) electrons. The maximum absolute atomic E-state index is 13.1. The quantitative estimate of drug-likeness (QED) is 0.468. The molecule has 7 heteroatoms. The number of phenolic OH excluding ortho intramolecular Hbond substituents is 1. The summed E-state index contributed by atoms with van der Waals surface area (Å²) in [7, 11) is 0. The number of phenols is 1. The number of aromatic nitrogens is 1. The summed E-state index contributed by atoms with van der Waals surface area (Å²) in [6, 6.07) is 11.9. The van der Waals surface area contributed by atoms with Gasteiger partial charge in [0.15, 0.2) is 6.61 Å². The molecular weight excluding hydrogens is 397 g/mol. The molecule has 0 aliphatic carbocycles. The summed E-state index contributed by atoms with van der Waals surface area (Å²) in [5.74, 6) is -1.78. The van der Waals surface area contributed by atoms with E-state index in [0.29, 0.717) is 12.1 Å². The van der Waals surface area contributed by atoms with Gasteiger partial charge in [-0.1, -0.05) is 23.7 Å². The number of benzene rings is 2. The highest BCUT2D eigenvalue weighted by molar-refractivity contribution is 6.31. The Kier molecular flexibility index (Phi) is 6.03. The summed E-state index contributed by atoms with van der Waals surface area (Å²) in [6.07, 6.45) is 0. The van der Waals surface area contributed by atoms with Crippen LogP contribution in [0.3, 0.4) is 0 Å². The Morgan fingerprint density at radius 1 is 1.07 bits per heavy atom. The number of aryl methyl sites for hydroxylation is 1. The van der Waals surface area contributed by atoms with Crippen LogP contribution in [0.4, 0.5) is 4.39 Å². The molecule has 0 bridgehead atoms. The number of halogens is 2. The van der Waals surface area contributed by atoms with Crippen molar-refractivity contribution in [1.29, 1.82) is 0 Å². The molecule has 29 heavy (non-hydrogen) atoms. The molecule has 0 saturated carbocycles. The minimum atomic E-state index is -0.835. The molecule has 0 unspecified atom stereocenters. The highest BCUT2D eigenvalue weighted by Gasteiger charge is 2.19. The van der Waals surface area contributed by atoms with Crippen molar-refractivity contribution in [3.05, 3.63) is 87.4 Å². The number of hydrogen-bond donors (Lipinski definition) is 1. The van der Waals surface area contributed by atoms with Gasteiger partial charge in [0.2, 0.25) is 5.78 Å². The van der Waals surface area contributed by atoms with Crippen LogP contribution in [0, 0.1) is 19.7 Å². The predicted octanol–water partition coefficient (Wildman–Crippen LogP) is 4.69. The minimum absolute atomic E-state index is 0.105. The molecule has 0 atom stereocenters. The molecule has 0 aliphatic rings. The van der Waals surface area contributed by atoms with E-state index in [2.05, 4.69) is 0 Å². The molecule has 0 spiro atoms. The summed E-state index contributed by atoms with van der Waals surface area (Å²) in [6.45, 7) is 3.69. The lowest BCUT2D eigenvalue weighted by Crippen LogP contribution is -2.15. The average Bonchev–Trinajstić information content (AvgIpc) is 2.97. The molecule has 1 N–H and O–H groups in total. The maximum Gasteiger partial charge on any atom is 0.342 e. The Morgan fingerprint density at radius 3 is 2.45 bits per heavy atom. The molecule has 0 fully saturated rings. The van der Waals surface area contributed by atoms with Crippen LogP contribution in [0.15, 0.2) is 48.5 Å². The highest BCUT2D eigenvalue weighted by Crippen LogP contribution is 2.23. The van der Waals surface area contributed by atoms with Gasteiger partial charge in [-0.2, -0.15) is 0 Å². The second-order valence-corrected chi connectivity index (χ2v) is 7.09. The van der Waals surface area contributed by atoms with E-state index in [4.69, 9.17) is 16.3 Å². The first-order valence-corrected chi connectivity index (χ1v) is 9.24. The predicted molar refractivity (Wildman–Crippen MR) is 107 cm³/mol. The van der Waals surface area contributed by atoms with Crippen molar-refractivity contribution in [2.75, 3.05) is 6.61 Å². The Bertz CT molecular complexity index is 1070. The summed E-state index contributed by atoms with van der Waals surface area (Å²) < 4.78 is 20.1. The van der Waals surface area contributed by atoms with Gasteiger partial charge in [-0.15, -0.1) is 0 Å². The molecule has 0 amide bonds. The number of hydrogen-bond acceptors (Lipinski definition) is 4. The first kappa shape index (κ1) is 20.6. The van der Waals surface area contributed by atoms with Crippen molar-refractivity contribution < 1.29 is 23.8 Å². The third-order valence-electron chi connectivity index (χ3n) is 4.64. The van der Waals surface area contributed by atoms with Gasteiger partial charge in [0.25, 0.3) is 0 Å². The van der Waals surface area contributed by atoms with Crippen molar-refractivity contribution in [1.82, 2.24) is 4.57 Å². The molecule has 0 saturated heterocycles. The zero-order valence-corrected chi connectivity index (χ0v) is 16.7. The first-order valence-electron chi connectivity index (χ1n) is 8.86. The number of Topliss-reactive ketones (excluding diaryl/α,β-unsaturated/α-hetero) is 1. The molecule has 150 valence electrons. The monoisotopic (exact) mass is 415 g/mol. The lowest BCUT2D eigenvalue weighted by atomic mass is 10.1. The van der Waals surface area contributed by atoms with E-state index < -0.39 is 12.6 Å². The number of ketones is 1. The van der Waals surface area contributed by atoms with Crippen molar-refractivity contribution in [3.8, 4) is 5.75 Å². The number of esters is 1. The number of nitrogens with zero attached hydrogens (tertiary/aromatic N) is 1. The van der Waals surface area contributed by atoms with Gasteiger partial charge in [0.05, 0.1) is 0 Å². The SMILES string of the molecule is Cc1cc(C(=O)COC(=O)c2cc(Cl)ccc2O)c(C)n1Cc1ccc(F)cc1. The average molecular weight is 416 g/mol. The molecule has 1 aromatic heterocycles. The van der Waals surface area contributed by atoms with Gasteiger partial charge in [-0.25, -0.2) is 9.18 Å². The summed E-state index contributed by atoms with van der Waals surface area (Å²) in [5, 5.41) is 10.0. The molecule has 2 aromatic carbocycles. The van der Waals surface area contributed by atoms with E-state index >= 15 is 0 Å². The number of carbonyl (C=O) groups excluding carboxylic acids is 2. The topological polar surface area (TPSA) is 68.5 Å². The summed E-state index contributed by atoms with van der Waals surface area (Å²) in [4.78, 5) is 24.7. The Morgan fingerprint density at radius 2 is 1.76 bits per heavy atom. The lowest BCUT2D eigenvalue weighted by molar-refractivity contribution is 0.0471. The van der Waals surface area contributed by atoms with Gasteiger partial charge >= 0.3 is 5.97 Å². The fraction of sp³-hybridized carbons (Fsp3) is 0.182. The zero-order chi connectivity index (χ0) is 21.1. The second kappa shape index (κ2) is 8.49. The van der Waals surface area contributed by atoms with Crippen molar-refractivity contribution in [3.63, 3.8) is 0 Å². The molecule has 3 aromatic rings. The van der Waals surface area contributed by atoms with Crippen LogP contribution in [-0.4, -0.2) is 28.0 Å². The van der Waals surface area contributed by atoms with E-state index in [1.165, 1.54) is 30.3 Å². The second-order valence-electron chi connectivity index (χ2n) is 6.66. The number of aromatic hydroxyl groups is 1. The third-order valence-corrected chi connectivity index (χ3v) is 4.88. The van der Waals surface area contributed by atoms with Gasteiger partial charge in [-0.05, 0) is 55.8 Å². The Hall–Kier alpha value is -3.12. The smallest absolute Gasteiger partial charge is 0.342 e. The summed E-state index contributed by atoms with van der Waals surface area (Å²) in [5.41, 5.74) is 2.81. The van der Waals surface area contributed by atoms with Crippen molar-refractivity contribution >= 4 is 23.4 Å². The highest BCUT2D eigenvalue weighted by atomic mass is 35.5. The molecule has 0 aliphatic heterocycles. The fourth-order valence-electron chi connectivity index (χ4n) is 3.06. The van der Waals surface area contributed by atoms with Gasteiger partial charge < -0.3 is 14.4 Å². The molecular formula is C22H19ClFNO4. The molecule has 5 nitrogen and oxygen atoms in total.